The fraction of sp³-hybridized carbons (Fsp3) is 0.353. The second kappa shape index (κ2) is 7.27. The number of hydrogen-bond acceptors (Lipinski definition) is 6. The first-order chi connectivity index (χ1) is 11.7. The number of imidazole rings is 1. The molecule has 3 rings (SSSR count). The lowest BCUT2D eigenvalue weighted by Crippen LogP contribution is -2.24. The molecule has 3 aromatic rings. The molecule has 2 aromatic heterocycles. The zero-order valence-electron chi connectivity index (χ0n) is 13.9. The Kier molecular flexibility index (Phi) is 4.90. The monoisotopic (exact) mass is 326 g/mol. The lowest BCUT2D eigenvalue weighted by atomic mass is 10.2. The van der Waals surface area contributed by atoms with Crippen LogP contribution < -0.4 is 10.6 Å². The number of anilines is 2. The molecule has 0 unspecified atom stereocenters. The van der Waals surface area contributed by atoms with Crippen molar-refractivity contribution in [2.45, 2.75) is 25.9 Å². The highest BCUT2D eigenvalue weighted by atomic mass is 16.3. The molecular formula is C17H22N6O. The molecule has 2 heterocycles. The molecule has 126 valence electrons. The molecular weight excluding hydrogens is 304 g/mol. The molecule has 0 saturated heterocycles. The van der Waals surface area contributed by atoms with Gasteiger partial charge >= 0.3 is 0 Å². The van der Waals surface area contributed by atoms with E-state index in [0.717, 1.165) is 23.1 Å². The van der Waals surface area contributed by atoms with Crippen molar-refractivity contribution in [3.8, 4) is 0 Å². The third kappa shape index (κ3) is 3.46. The predicted octanol–water partition coefficient (Wildman–Crippen LogP) is 2.16. The Labute approximate surface area is 140 Å². The van der Waals surface area contributed by atoms with Gasteiger partial charge in [-0.05, 0) is 12.0 Å². The Morgan fingerprint density at radius 2 is 2.00 bits per heavy atom. The molecule has 0 spiro atoms. The highest BCUT2D eigenvalue weighted by Crippen LogP contribution is 2.21. The van der Waals surface area contributed by atoms with E-state index in [1.807, 2.05) is 36.7 Å². The average molecular weight is 326 g/mol. The van der Waals surface area contributed by atoms with Crippen molar-refractivity contribution >= 4 is 22.9 Å². The summed E-state index contributed by atoms with van der Waals surface area (Å²) in [6.07, 6.45) is 2.51. The van der Waals surface area contributed by atoms with E-state index in [1.54, 1.807) is 6.33 Å². The minimum Gasteiger partial charge on any atom is -0.394 e. The van der Waals surface area contributed by atoms with Crippen LogP contribution in [0.5, 0.6) is 0 Å². The van der Waals surface area contributed by atoms with Gasteiger partial charge in [0.05, 0.1) is 19.0 Å². The minimum atomic E-state index is -0.0716. The van der Waals surface area contributed by atoms with E-state index in [0.29, 0.717) is 18.3 Å². The summed E-state index contributed by atoms with van der Waals surface area (Å²) in [5.41, 5.74) is 2.64. The second-order valence-electron chi connectivity index (χ2n) is 5.69. The average Bonchev–Trinajstić information content (AvgIpc) is 3.00. The van der Waals surface area contributed by atoms with Crippen LogP contribution >= 0.6 is 0 Å². The largest absolute Gasteiger partial charge is 0.394 e. The number of nitrogens with one attached hydrogen (secondary N) is 2. The van der Waals surface area contributed by atoms with Crippen LogP contribution in [0.3, 0.4) is 0 Å². The highest BCUT2D eigenvalue weighted by molar-refractivity contribution is 5.84. The number of rotatable bonds is 7. The fourth-order valence-electron chi connectivity index (χ4n) is 2.44. The van der Waals surface area contributed by atoms with Crippen LogP contribution in [0.25, 0.3) is 11.2 Å². The van der Waals surface area contributed by atoms with E-state index in [1.165, 1.54) is 0 Å². The van der Waals surface area contributed by atoms with Crippen molar-refractivity contribution in [2.75, 3.05) is 17.2 Å². The van der Waals surface area contributed by atoms with Crippen LogP contribution in [-0.2, 0) is 13.6 Å². The summed E-state index contributed by atoms with van der Waals surface area (Å²) >= 11 is 0. The molecule has 0 aliphatic heterocycles. The first-order valence-corrected chi connectivity index (χ1v) is 8.05. The Bertz CT molecular complexity index is 797. The van der Waals surface area contributed by atoms with Crippen LogP contribution in [0.4, 0.5) is 11.8 Å². The quantitative estimate of drug-likeness (QED) is 0.617. The Morgan fingerprint density at radius 3 is 2.71 bits per heavy atom. The van der Waals surface area contributed by atoms with Crippen LogP contribution in [-0.4, -0.2) is 37.3 Å². The Balaban J connectivity index is 1.90. The maximum absolute atomic E-state index is 9.39. The van der Waals surface area contributed by atoms with Crippen molar-refractivity contribution < 1.29 is 5.11 Å². The fourth-order valence-corrected chi connectivity index (χ4v) is 2.44. The molecule has 1 atom stereocenters. The first-order valence-electron chi connectivity index (χ1n) is 8.05. The van der Waals surface area contributed by atoms with Crippen molar-refractivity contribution in [3.05, 3.63) is 42.2 Å². The van der Waals surface area contributed by atoms with Crippen LogP contribution in [0.1, 0.15) is 18.9 Å². The van der Waals surface area contributed by atoms with Crippen LogP contribution in [0.15, 0.2) is 36.7 Å². The summed E-state index contributed by atoms with van der Waals surface area (Å²) in [5, 5.41) is 15.9. The van der Waals surface area contributed by atoms with Crippen molar-refractivity contribution in [2.24, 2.45) is 7.05 Å². The standard InChI is InChI=1S/C17H22N6O/c1-3-13(10-24)20-17-21-15(14-16(22-17)23(2)11-19-14)18-9-12-7-5-4-6-8-12/h4-8,11,13,24H,3,9-10H2,1-2H3,(H2,18,20,21,22)/t13-/m1/s1. The molecule has 0 aliphatic carbocycles. The van der Waals surface area contributed by atoms with Crippen molar-refractivity contribution in [1.29, 1.82) is 0 Å². The smallest absolute Gasteiger partial charge is 0.227 e. The van der Waals surface area contributed by atoms with Gasteiger partial charge in [0, 0.05) is 13.6 Å². The van der Waals surface area contributed by atoms with Crippen molar-refractivity contribution in [3.63, 3.8) is 0 Å². The maximum Gasteiger partial charge on any atom is 0.227 e. The normalized spacial score (nSPS) is 12.3. The lowest BCUT2D eigenvalue weighted by Gasteiger charge is -2.15. The number of nitrogens with zero attached hydrogens (tertiary/aromatic N) is 4. The summed E-state index contributed by atoms with van der Waals surface area (Å²) < 4.78 is 1.86. The van der Waals surface area contributed by atoms with Gasteiger partial charge in [-0.15, -0.1) is 0 Å². The molecule has 7 nitrogen and oxygen atoms in total. The van der Waals surface area contributed by atoms with Gasteiger partial charge in [0.1, 0.15) is 0 Å². The molecule has 0 radical (unpaired) electrons. The Morgan fingerprint density at radius 1 is 1.21 bits per heavy atom. The number of fused-ring (bicyclic) bond motifs is 1. The van der Waals surface area contributed by atoms with E-state index in [9.17, 15) is 5.11 Å². The number of aliphatic hydroxyl groups is 1. The van der Waals surface area contributed by atoms with Gasteiger partial charge in [-0.25, -0.2) is 4.98 Å². The van der Waals surface area contributed by atoms with Gasteiger partial charge in [-0.1, -0.05) is 37.3 Å². The lowest BCUT2D eigenvalue weighted by molar-refractivity contribution is 0.271. The number of aromatic nitrogens is 4. The molecule has 7 heteroatoms. The highest BCUT2D eigenvalue weighted by Gasteiger charge is 2.14. The summed E-state index contributed by atoms with van der Waals surface area (Å²) in [5.74, 6) is 1.17. The third-order valence-corrected chi connectivity index (χ3v) is 3.91. The SMILES string of the molecule is CC[C@H](CO)Nc1nc(NCc2ccccc2)c2ncn(C)c2n1. The zero-order valence-corrected chi connectivity index (χ0v) is 13.9. The molecule has 24 heavy (non-hydrogen) atoms. The van der Waals surface area contributed by atoms with E-state index in [2.05, 4.69) is 37.7 Å². The number of aryl methyl sites for hydroxylation is 1. The number of hydrogen-bond donors (Lipinski definition) is 3. The maximum atomic E-state index is 9.39. The molecule has 0 amide bonds. The topological polar surface area (TPSA) is 87.9 Å². The molecule has 0 fully saturated rings. The van der Waals surface area contributed by atoms with Gasteiger partial charge in [0.25, 0.3) is 0 Å². The predicted molar refractivity (Wildman–Crippen MR) is 94.9 cm³/mol. The zero-order chi connectivity index (χ0) is 16.9. The molecule has 1 aromatic carbocycles. The molecule has 3 N–H and O–H groups in total. The summed E-state index contributed by atoms with van der Waals surface area (Å²) in [7, 11) is 1.90. The number of benzene rings is 1. The molecule has 0 saturated carbocycles. The van der Waals surface area contributed by atoms with E-state index in [4.69, 9.17) is 0 Å². The van der Waals surface area contributed by atoms with E-state index < -0.39 is 0 Å². The Hall–Kier alpha value is -2.67. The van der Waals surface area contributed by atoms with Crippen molar-refractivity contribution in [1.82, 2.24) is 19.5 Å². The summed E-state index contributed by atoms with van der Waals surface area (Å²) in [4.78, 5) is 13.4. The summed E-state index contributed by atoms with van der Waals surface area (Å²) in [6.45, 7) is 2.70. The van der Waals surface area contributed by atoms with Crippen LogP contribution in [0.2, 0.25) is 0 Å². The van der Waals surface area contributed by atoms with Gasteiger partial charge in [0.15, 0.2) is 17.0 Å². The first kappa shape index (κ1) is 16.2. The van der Waals surface area contributed by atoms with Crippen LogP contribution in [0, 0.1) is 0 Å². The second-order valence-corrected chi connectivity index (χ2v) is 5.69. The van der Waals surface area contributed by atoms with E-state index in [-0.39, 0.29) is 12.6 Å². The molecule has 0 bridgehead atoms. The minimum absolute atomic E-state index is 0.0378. The molecule has 0 aliphatic rings. The number of aliphatic hydroxyl groups excluding tert-OH is 1. The van der Waals surface area contributed by atoms with E-state index >= 15 is 0 Å². The van der Waals surface area contributed by atoms with Gasteiger partial charge < -0.3 is 20.3 Å². The third-order valence-electron chi connectivity index (χ3n) is 3.91. The van der Waals surface area contributed by atoms with Gasteiger partial charge in [-0.3, -0.25) is 0 Å². The summed E-state index contributed by atoms with van der Waals surface area (Å²) in [6, 6.07) is 10.1. The van der Waals surface area contributed by atoms with Gasteiger partial charge in [-0.2, -0.15) is 9.97 Å². The van der Waals surface area contributed by atoms with Gasteiger partial charge in [0.2, 0.25) is 5.95 Å².